The molecule has 1 atom stereocenters. The van der Waals surface area contributed by atoms with E-state index in [-0.39, 0.29) is 12.0 Å². The van der Waals surface area contributed by atoms with E-state index in [1.54, 1.807) is 0 Å². The fraction of sp³-hybridized carbons (Fsp3) is 0.875. The van der Waals surface area contributed by atoms with Crippen molar-refractivity contribution in [3.63, 3.8) is 0 Å². The van der Waals surface area contributed by atoms with E-state index in [0.717, 1.165) is 25.7 Å². The molecule has 0 aromatic heterocycles. The molecule has 0 spiro atoms. The lowest BCUT2D eigenvalue weighted by Gasteiger charge is -2.27. The van der Waals surface area contributed by atoms with E-state index in [0.29, 0.717) is 6.29 Å². The van der Waals surface area contributed by atoms with Crippen LogP contribution in [0.2, 0.25) is 0 Å². The zero-order valence-corrected chi connectivity index (χ0v) is 6.57. The minimum Gasteiger partial charge on any atom is -0.385 e. The van der Waals surface area contributed by atoms with Crippen molar-refractivity contribution in [3.05, 3.63) is 0 Å². The molecule has 1 saturated carbocycles. The number of carbonyl (C=O) groups excluding carboxylic acids is 1. The van der Waals surface area contributed by atoms with Crippen LogP contribution >= 0.6 is 0 Å². The van der Waals surface area contributed by atoms with Gasteiger partial charge in [-0.2, -0.15) is 0 Å². The van der Waals surface area contributed by atoms with Gasteiger partial charge >= 0.3 is 0 Å². The topological polar surface area (TPSA) is 63.3 Å². The Bertz CT molecular complexity index is 130. The zero-order valence-electron chi connectivity index (χ0n) is 6.57. The average molecular weight is 157 g/mol. The van der Waals surface area contributed by atoms with Crippen LogP contribution in [0.15, 0.2) is 0 Å². The zero-order chi connectivity index (χ0) is 8.27. The monoisotopic (exact) mass is 157 g/mol. The molecule has 3 nitrogen and oxygen atoms in total. The molecule has 0 amide bonds. The first-order chi connectivity index (χ1) is 5.24. The summed E-state index contributed by atoms with van der Waals surface area (Å²) in [5.41, 5.74) is 5.67. The molecule has 1 aliphatic carbocycles. The highest BCUT2D eigenvalue weighted by atomic mass is 16.3. The maximum atomic E-state index is 10.2. The number of hydrogen-bond donors (Lipinski definition) is 2. The number of aliphatic hydroxyl groups is 1. The Morgan fingerprint density at radius 1 is 1.36 bits per heavy atom. The maximum absolute atomic E-state index is 10.2. The predicted molar refractivity (Wildman–Crippen MR) is 42.0 cm³/mol. The molecule has 0 radical (unpaired) electrons. The molecule has 1 rings (SSSR count). The van der Waals surface area contributed by atoms with Gasteiger partial charge in [0.25, 0.3) is 0 Å². The summed E-state index contributed by atoms with van der Waals surface area (Å²) in [6.07, 6.45) is 3.52. The second-order valence-corrected chi connectivity index (χ2v) is 3.30. The number of aliphatic hydroxyl groups excluding tert-OH is 1. The quantitative estimate of drug-likeness (QED) is 0.557. The normalized spacial score (nSPS) is 34.7. The van der Waals surface area contributed by atoms with Crippen molar-refractivity contribution < 1.29 is 9.90 Å². The Hall–Kier alpha value is -0.410. The van der Waals surface area contributed by atoms with Gasteiger partial charge in [-0.15, -0.1) is 0 Å². The summed E-state index contributed by atoms with van der Waals surface area (Å²) in [7, 11) is 0. The lowest BCUT2D eigenvalue weighted by molar-refractivity contribution is -0.117. The number of nitrogens with two attached hydrogens (primary N) is 1. The lowest BCUT2D eigenvalue weighted by atomic mass is 9.83. The van der Waals surface area contributed by atoms with Crippen LogP contribution in [-0.4, -0.2) is 23.5 Å². The van der Waals surface area contributed by atoms with Crippen LogP contribution in [-0.2, 0) is 4.79 Å². The van der Waals surface area contributed by atoms with Crippen LogP contribution in [0.1, 0.15) is 25.7 Å². The van der Waals surface area contributed by atoms with Gasteiger partial charge in [0.05, 0.1) is 0 Å². The molecule has 0 aromatic carbocycles. The molecule has 1 fully saturated rings. The predicted octanol–water partition coefficient (Wildman–Crippen LogP) is 0.0637. The van der Waals surface area contributed by atoms with E-state index in [1.807, 2.05) is 0 Å². The second kappa shape index (κ2) is 3.83. The summed E-state index contributed by atoms with van der Waals surface area (Å²) in [6.45, 7) is 0. The molecule has 1 unspecified atom stereocenters. The Labute approximate surface area is 66.6 Å². The minimum atomic E-state index is -0.762. The Morgan fingerprint density at radius 2 is 1.91 bits per heavy atom. The molecule has 0 aliphatic heterocycles. The molecule has 0 saturated heterocycles. The summed E-state index contributed by atoms with van der Waals surface area (Å²) in [4.78, 5) is 10.2. The van der Waals surface area contributed by atoms with Crippen molar-refractivity contribution in [2.24, 2.45) is 11.7 Å². The van der Waals surface area contributed by atoms with E-state index in [1.165, 1.54) is 0 Å². The summed E-state index contributed by atoms with van der Waals surface area (Å²) in [5.74, 6) is 0.160. The van der Waals surface area contributed by atoms with Gasteiger partial charge in [-0.25, -0.2) is 0 Å². The van der Waals surface area contributed by atoms with Crippen LogP contribution in [0.25, 0.3) is 0 Å². The smallest absolute Gasteiger partial charge is 0.148 e. The first kappa shape index (κ1) is 8.68. The molecule has 11 heavy (non-hydrogen) atoms. The molecule has 1 aliphatic rings. The van der Waals surface area contributed by atoms with Gasteiger partial charge in [0.15, 0.2) is 0 Å². The van der Waals surface area contributed by atoms with Crippen molar-refractivity contribution in [1.82, 2.24) is 0 Å². The van der Waals surface area contributed by atoms with Gasteiger partial charge in [-0.1, -0.05) is 0 Å². The standard InChI is InChI=1S/C8H15NO2/c9-7-3-1-6(2-4-7)8(11)5-10/h5-8,11H,1-4,9H2. The van der Waals surface area contributed by atoms with Crippen LogP contribution in [0.4, 0.5) is 0 Å². The van der Waals surface area contributed by atoms with E-state index in [2.05, 4.69) is 0 Å². The molecule has 0 bridgehead atoms. The highest BCUT2D eigenvalue weighted by Crippen LogP contribution is 2.25. The first-order valence-corrected chi connectivity index (χ1v) is 4.13. The van der Waals surface area contributed by atoms with Crippen molar-refractivity contribution in [2.75, 3.05) is 0 Å². The van der Waals surface area contributed by atoms with Crippen LogP contribution in [0, 0.1) is 5.92 Å². The van der Waals surface area contributed by atoms with Crippen molar-refractivity contribution in [2.45, 2.75) is 37.8 Å². The Kier molecular flexibility index (Phi) is 3.02. The van der Waals surface area contributed by atoms with Crippen molar-refractivity contribution >= 4 is 6.29 Å². The fourth-order valence-corrected chi connectivity index (χ4v) is 1.60. The van der Waals surface area contributed by atoms with Gasteiger partial charge < -0.3 is 15.6 Å². The number of rotatable bonds is 2. The van der Waals surface area contributed by atoms with Crippen LogP contribution in [0.3, 0.4) is 0 Å². The number of aldehydes is 1. The third-order valence-corrected chi connectivity index (χ3v) is 2.44. The molecule has 0 heterocycles. The van der Waals surface area contributed by atoms with Gasteiger partial charge in [0.2, 0.25) is 0 Å². The summed E-state index contributed by atoms with van der Waals surface area (Å²) < 4.78 is 0. The SMILES string of the molecule is NC1CCC(C(O)C=O)CC1. The van der Waals surface area contributed by atoms with E-state index in [9.17, 15) is 4.79 Å². The van der Waals surface area contributed by atoms with Crippen molar-refractivity contribution in [3.8, 4) is 0 Å². The van der Waals surface area contributed by atoms with Crippen LogP contribution in [0.5, 0.6) is 0 Å². The Balaban J connectivity index is 2.32. The second-order valence-electron chi connectivity index (χ2n) is 3.30. The van der Waals surface area contributed by atoms with Gasteiger partial charge in [0.1, 0.15) is 12.4 Å². The minimum absolute atomic E-state index is 0.160. The van der Waals surface area contributed by atoms with E-state index < -0.39 is 6.10 Å². The molecular formula is C8H15NO2. The lowest BCUT2D eigenvalue weighted by Crippen LogP contribution is -2.32. The highest BCUT2D eigenvalue weighted by molar-refractivity contribution is 5.56. The Morgan fingerprint density at radius 3 is 2.36 bits per heavy atom. The van der Waals surface area contributed by atoms with Crippen LogP contribution < -0.4 is 5.73 Å². The molecule has 64 valence electrons. The van der Waals surface area contributed by atoms with Gasteiger partial charge in [-0.3, -0.25) is 0 Å². The number of hydrogen-bond acceptors (Lipinski definition) is 3. The summed E-state index contributed by atoms with van der Waals surface area (Å²) in [6, 6.07) is 0.283. The summed E-state index contributed by atoms with van der Waals surface area (Å²) >= 11 is 0. The summed E-state index contributed by atoms with van der Waals surface area (Å²) in [5, 5.41) is 9.16. The molecule has 3 heteroatoms. The third-order valence-electron chi connectivity index (χ3n) is 2.44. The highest BCUT2D eigenvalue weighted by Gasteiger charge is 2.23. The largest absolute Gasteiger partial charge is 0.385 e. The van der Waals surface area contributed by atoms with E-state index in [4.69, 9.17) is 10.8 Å². The van der Waals surface area contributed by atoms with Gasteiger partial charge in [-0.05, 0) is 31.6 Å². The third kappa shape index (κ3) is 2.27. The van der Waals surface area contributed by atoms with Crippen molar-refractivity contribution in [1.29, 1.82) is 0 Å². The maximum Gasteiger partial charge on any atom is 0.148 e. The fourth-order valence-electron chi connectivity index (χ4n) is 1.60. The first-order valence-electron chi connectivity index (χ1n) is 4.13. The molecule has 0 aromatic rings. The molecular weight excluding hydrogens is 142 g/mol. The molecule has 3 N–H and O–H groups in total. The van der Waals surface area contributed by atoms with E-state index >= 15 is 0 Å². The van der Waals surface area contributed by atoms with Gasteiger partial charge in [0, 0.05) is 6.04 Å². The average Bonchev–Trinajstić information content (AvgIpc) is 2.05. The number of carbonyl (C=O) groups is 1.